The molecule has 100 valence electrons. The molecular weight excluding hydrogens is 231 g/mol. The standard InChI is InChI=1S/C13H21FN4/c1-12(2)5-8(6-13(3,4)18-12)10-9(14)7-16-11(15)17-10/h7-8,18H,5-6H2,1-4H3,(H2,15,16,17). The number of anilines is 1. The molecule has 5 heteroatoms. The summed E-state index contributed by atoms with van der Waals surface area (Å²) in [6.07, 6.45) is 2.84. The van der Waals surface area contributed by atoms with Crippen molar-refractivity contribution in [3.05, 3.63) is 17.7 Å². The molecule has 0 bridgehead atoms. The average molecular weight is 252 g/mol. The van der Waals surface area contributed by atoms with Gasteiger partial charge in [-0.05, 0) is 40.5 Å². The van der Waals surface area contributed by atoms with E-state index in [1.54, 1.807) is 0 Å². The second-order valence-electron chi connectivity index (χ2n) is 6.46. The molecule has 2 rings (SSSR count). The van der Waals surface area contributed by atoms with E-state index in [2.05, 4.69) is 43.0 Å². The fourth-order valence-electron chi connectivity index (χ4n) is 3.20. The van der Waals surface area contributed by atoms with Crippen LogP contribution in [0.25, 0.3) is 0 Å². The number of rotatable bonds is 1. The van der Waals surface area contributed by atoms with E-state index in [1.807, 2.05) is 0 Å². The predicted molar refractivity (Wildman–Crippen MR) is 69.7 cm³/mol. The molecule has 1 aliphatic rings. The summed E-state index contributed by atoms with van der Waals surface area (Å²) in [5, 5.41) is 3.57. The maximum Gasteiger partial charge on any atom is 0.220 e. The number of piperidine rings is 1. The topological polar surface area (TPSA) is 63.8 Å². The SMILES string of the molecule is CC1(C)CC(c2nc(N)ncc2F)CC(C)(C)N1. The third-order valence-electron chi connectivity index (χ3n) is 3.37. The van der Waals surface area contributed by atoms with Crippen LogP contribution < -0.4 is 11.1 Å². The minimum absolute atomic E-state index is 0.0431. The van der Waals surface area contributed by atoms with Gasteiger partial charge in [-0.3, -0.25) is 0 Å². The Labute approximate surface area is 107 Å². The van der Waals surface area contributed by atoms with Crippen molar-refractivity contribution < 1.29 is 4.39 Å². The lowest BCUT2D eigenvalue weighted by molar-refractivity contribution is 0.158. The Bertz CT molecular complexity index is 440. The van der Waals surface area contributed by atoms with E-state index in [9.17, 15) is 4.39 Å². The number of nitrogens with two attached hydrogens (primary N) is 1. The third-order valence-corrected chi connectivity index (χ3v) is 3.37. The van der Waals surface area contributed by atoms with Gasteiger partial charge in [0, 0.05) is 17.0 Å². The number of hydrogen-bond donors (Lipinski definition) is 2. The van der Waals surface area contributed by atoms with E-state index in [0.717, 1.165) is 12.8 Å². The molecule has 0 unspecified atom stereocenters. The van der Waals surface area contributed by atoms with Gasteiger partial charge in [0.2, 0.25) is 5.95 Å². The monoisotopic (exact) mass is 252 g/mol. The lowest BCUT2D eigenvalue weighted by Crippen LogP contribution is -2.57. The van der Waals surface area contributed by atoms with Crippen LogP contribution in [0.3, 0.4) is 0 Å². The highest BCUT2D eigenvalue weighted by Crippen LogP contribution is 2.39. The lowest BCUT2D eigenvalue weighted by Gasteiger charge is -2.46. The van der Waals surface area contributed by atoms with E-state index < -0.39 is 0 Å². The van der Waals surface area contributed by atoms with Crippen LogP contribution in [0.2, 0.25) is 0 Å². The van der Waals surface area contributed by atoms with Crippen molar-refractivity contribution in [2.45, 2.75) is 57.5 Å². The number of nitrogen functional groups attached to an aromatic ring is 1. The van der Waals surface area contributed by atoms with Crippen LogP contribution >= 0.6 is 0 Å². The average Bonchev–Trinajstić information content (AvgIpc) is 2.17. The quantitative estimate of drug-likeness (QED) is 0.804. The first-order valence-corrected chi connectivity index (χ1v) is 6.26. The molecule has 2 heterocycles. The first-order chi connectivity index (χ1) is 8.19. The van der Waals surface area contributed by atoms with Gasteiger partial charge in [0.1, 0.15) is 0 Å². The first kappa shape index (κ1) is 13.2. The first-order valence-electron chi connectivity index (χ1n) is 6.26. The Morgan fingerprint density at radius 3 is 2.39 bits per heavy atom. The summed E-state index contributed by atoms with van der Waals surface area (Å²) in [5.41, 5.74) is 5.93. The van der Waals surface area contributed by atoms with Crippen molar-refractivity contribution in [1.29, 1.82) is 0 Å². The van der Waals surface area contributed by atoms with Crippen LogP contribution in [0.1, 0.15) is 52.1 Å². The maximum atomic E-state index is 13.9. The summed E-state index contributed by atoms with van der Waals surface area (Å²) in [6.45, 7) is 8.51. The summed E-state index contributed by atoms with van der Waals surface area (Å²) in [7, 11) is 0. The molecule has 0 radical (unpaired) electrons. The molecule has 0 spiro atoms. The van der Waals surface area contributed by atoms with Crippen molar-refractivity contribution in [3.8, 4) is 0 Å². The van der Waals surface area contributed by atoms with E-state index >= 15 is 0 Å². The summed E-state index contributed by atoms with van der Waals surface area (Å²) < 4.78 is 13.9. The fraction of sp³-hybridized carbons (Fsp3) is 0.692. The zero-order valence-electron chi connectivity index (χ0n) is 11.4. The largest absolute Gasteiger partial charge is 0.368 e. The minimum Gasteiger partial charge on any atom is -0.368 e. The molecule has 0 atom stereocenters. The van der Waals surface area contributed by atoms with Gasteiger partial charge in [0.05, 0.1) is 11.9 Å². The summed E-state index contributed by atoms with van der Waals surface area (Å²) >= 11 is 0. The van der Waals surface area contributed by atoms with Crippen LogP contribution in [-0.4, -0.2) is 21.0 Å². The molecule has 0 aliphatic carbocycles. The Balaban J connectivity index is 2.35. The van der Waals surface area contributed by atoms with Gasteiger partial charge in [0.25, 0.3) is 0 Å². The van der Waals surface area contributed by atoms with E-state index in [0.29, 0.717) is 5.69 Å². The Morgan fingerprint density at radius 2 is 1.83 bits per heavy atom. The summed E-state index contributed by atoms with van der Waals surface area (Å²) in [6, 6.07) is 0. The van der Waals surface area contributed by atoms with Crippen LogP contribution in [0.5, 0.6) is 0 Å². The second-order valence-corrected chi connectivity index (χ2v) is 6.46. The van der Waals surface area contributed by atoms with Crippen molar-refractivity contribution in [2.24, 2.45) is 0 Å². The van der Waals surface area contributed by atoms with Crippen LogP contribution in [0.4, 0.5) is 10.3 Å². The minimum atomic E-state index is -0.359. The lowest BCUT2D eigenvalue weighted by atomic mass is 9.74. The second kappa shape index (κ2) is 4.16. The molecule has 1 aromatic heterocycles. The zero-order valence-corrected chi connectivity index (χ0v) is 11.4. The molecule has 18 heavy (non-hydrogen) atoms. The van der Waals surface area contributed by atoms with Crippen molar-refractivity contribution in [3.63, 3.8) is 0 Å². The van der Waals surface area contributed by atoms with Gasteiger partial charge in [-0.25, -0.2) is 14.4 Å². The summed E-state index contributed by atoms with van der Waals surface area (Å²) in [4.78, 5) is 7.77. The Kier molecular flexibility index (Phi) is 3.05. The Morgan fingerprint density at radius 1 is 1.28 bits per heavy atom. The molecule has 0 saturated carbocycles. The fourth-order valence-corrected chi connectivity index (χ4v) is 3.20. The molecule has 0 aromatic carbocycles. The van der Waals surface area contributed by atoms with Gasteiger partial charge in [-0.1, -0.05) is 0 Å². The normalized spacial score (nSPS) is 22.9. The highest BCUT2D eigenvalue weighted by molar-refractivity contribution is 5.23. The van der Waals surface area contributed by atoms with Crippen LogP contribution in [0.15, 0.2) is 6.20 Å². The van der Waals surface area contributed by atoms with E-state index in [4.69, 9.17) is 5.73 Å². The van der Waals surface area contributed by atoms with Crippen molar-refractivity contribution in [1.82, 2.24) is 15.3 Å². The third kappa shape index (κ3) is 2.77. The molecule has 1 fully saturated rings. The number of aromatic nitrogens is 2. The van der Waals surface area contributed by atoms with Gasteiger partial charge >= 0.3 is 0 Å². The molecule has 1 saturated heterocycles. The van der Waals surface area contributed by atoms with Crippen molar-refractivity contribution >= 4 is 5.95 Å². The number of nitrogens with one attached hydrogen (secondary N) is 1. The molecule has 1 aliphatic heterocycles. The molecule has 4 nitrogen and oxygen atoms in total. The molecule has 3 N–H and O–H groups in total. The van der Waals surface area contributed by atoms with Crippen molar-refractivity contribution in [2.75, 3.05) is 5.73 Å². The van der Waals surface area contributed by atoms with E-state index in [1.165, 1.54) is 6.20 Å². The van der Waals surface area contributed by atoms with Gasteiger partial charge in [-0.2, -0.15) is 0 Å². The number of halogens is 1. The number of nitrogens with zero attached hydrogens (tertiary/aromatic N) is 2. The predicted octanol–water partition coefficient (Wildman–Crippen LogP) is 2.22. The van der Waals surface area contributed by atoms with Crippen LogP contribution in [-0.2, 0) is 0 Å². The van der Waals surface area contributed by atoms with Gasteiger partial charge in [0.15, 0.2) is 5.82 Å². The highest BCUT2D eigenvalue weighted by Gasteiger charge is 2.39. The van der Waals surface area contributed by atoms with E-state index in [-0.39, 0.29) is 28.8 Å². The van der Waals surface area contributed by atoms with Crippen LogP contribution in [0, 0.1) is 5.82 Å². The zero-order chi connectivity index (χ0) is 13.6. The number of hydrogen-bond acceptors (Lipinski definition) is 4. The summed E-state index contributed by atoms with van der Waals surface area (Å²) in [5.74, 6) is -0.148. The maximum absolute atomic E-state index is 13.9. The molecule has 0 amide bonds. The highest BCUT2D eigenvalue weighted by atomic mass is 19.1. The molecule has 1 aromatic rings. The Hall–Kier alpha value is -1.23. The van der Waals surface area contributed by atoms with Gasteiger partial charge < -0.3 is 11.1 Å². The molecular formula is C13H21FN4. The smallest absolute Gasteiger partial charge is 0.220 e. The van der Waals surface area contributed by atoms with Gasteiger partial charge in [-0.15, -0.1) is 0 Å².